The third-order valence-corrected chi connectivity index (χ3v) is 14.9. The molecule has 0 heterocycles. The highest BCUT2D eigenvalue weighted by Crippen LogP contribution is 2.18. The molecule has 0 radical (unpaired) electrons. The molecule has 0 saturated heterocycles. The molecule has 6 heteroatoms. The fourth-order valence-electron chi connectivity index (χ4n) is 9.86. The number of ether oxygens (including phenoxy) is 3. The number of hydrogen-bond donors (Lipinski definition) is 0. The molecular weight excluding hydrogens is 973 g/mol. The molecule has 0 fully saturated rings. The van der Waals surface area contributed by atoms with E-state index in [1.807, 2.05) is 0 Å². The second kappa shape index (κ2) is 67.1. The lowest BCUT2D eigenvalue weighted by Crippen LogP contribution is -2.30. The molecule has 0 aromatic heterocycles. The van der Waals surface area contributed by atoms with E-state index in [-0.39, 0.29) is 31.1 Å². The van der Waals surface area contributed by atoms with Gasteiger partial charge < -0.3 is 14.2 Å². The first-order valence-electron chi connectivity index (χ1n) is 34.1. The summed E-state index contributed by atoms with van der Waals surface area (Å²) < 4.78 is 16.9. The molecule has 0 aromatic carbocycles. The monoisotopic (exact) mass is 1100 g/mol. The lowest BCUT2D eigenvalue weighted by molar-refractivity contribution is -0.167. The van der Waals surface area contributed by atoms with Gasteiger partial charge in [-0.2, -0.15) is 0 Å². The van der Waals surface area contributed by atoms with E-state index >= 15 is 0 Å². The van der Waals surface area contributed by atoms with Gasteiger partial charge in [0.2, 0.25) is 0 Å². The highest BCUT2D eigenvalue weighted by Gasteiger charge is 2.19. The molecule has 0 bridgehead atoms. The Kier molecular flexibility index (Phi) is 64.2. The molecule has 1 atom stereocenters. The van der Waals surface area contributed by atoms with Crippen LogP contribution in [0.2, 0.25) is 0 Å². The van der Waals surface area contributed by atoms with Crippen molar-refractivity contribution in [1.29, 1.82) is 0 Å². The zero-order chi connectivity index (χ0) is 57.1. The normalized spacial score (nSPS) is 12.6. The average Bonchev–Trinajstić information content (AvgIpc) is 3.45. The van der Waals surface area contributed by atoms with E-state index in [0.717, 1.165) is 122 Å². The first-order chi connectivity index (χ1) is 39.0. The Hall–Kier alpha value is -3.41. The second-order valence-corrected chi connectivity index (χ2v) is 22.7. The van der Waals surface area contributed by atoms with E-state index in [2.05, 4.69) is 106 Å². The molecule has 0 N–H and O–H groups in total. The van der Waals surface area contributed by atoms with Crippen molar-refractivity contribution in [2.24, 2.45) is 0 Å². The molecule has 0 saturated carbocycles. The van der Waals surface area contributed by atoms with Crippen LogP contribution in [0.3, 0.4) is 0 Å². The summed E-state index contributed by atoms with van der Waals surface area (Å²) in [6.45, 7) is 6.43. The molecule has 0 rings (SSSR count). The van der Waals surface area contributed by atoms with Crippen molar-refractivity contribution in [2.75, 3.05) is 13.2 Å². The van der Waals surface area contributed by atoms with Crippen LogP contribution in [0.1, 0.15) is 342 Å². The summed E-state index contributed by atoms with van der Waals surface area (Å²) in [7, 11) is 0. The Morgan fingerprint density at radius 1 is 0.266 bits per heavy atom. The minimum atomic E-state index is -0.781. The SMILES string of the molecule is CC/C=C\C/C=C\C/C=C\C/C=C\CCCCCCCCCCCCCCCCCCCCCCCCC(=O)OCC(COC(=O)CCCCCCCCCCCCC)OC(=O)CCCCCCC/C=C\C/C=C\C/C=C\CC. The fraction of sp³-hybridized carbons (Fsp3) is 0.767. The minimum Gasteiger partial charge on any atom is -0.462 e. The molecule has 6 nitrogen and oxygen atoms in total. The van der Waals surface area contributed by atoms with Gasteiger partial charge in [0.05, 0.1) is 0 Å². The highest BCUT2D eigenvalue weighted by molar-refractivity contribution is 5.71. The van der Waals surface area contributed by atoms with Crippen LogP contribution in [0.5, 0.6) is 0 Å². The fourth-order valence-corrected chi connectivity index (χ4v) is 9.86. The maximum atomic E-state index is 12.9. The molecule has 0 aliphatic heterocycles. The maximum Gasteiger partial charge on any atom is 0.306 e. The molecule has 79 heavy (non-hydrogen) atoms. The number of carbonyl (C=O) groups is 3. The Morgan fingerprint density at radius 3 is 0.772 bits per heavy atom. The Bertz CT molecular complexity index is 1500. The number of unbranched alkanes of at least 4 members (excludes halogenated alkanes) is 37. The topological polar surface area (TPSA) is 78.9 Å². The summed E-state index contributed by atoms with van der Waals surface area (Å²) in [6, 6.07) is 0. The van der Waals surface area contributed by atoms with Gasteiger partial charge in [0.1, 0.15) is 13.2 Å². The van der Waals surface area contributed by atoms with Gasteiger partial charge >= 0.3 is 17.9 Å². The third-order valence-electron chi connectivity index (χ3n) is 14.9. The van der Waals surface area contributed by atoms with E-state index in [0.29, 0.717) is 19.3 Å². The molecule has 0 amide bonds. The van der Waals surface area contributed by atoms with Crippen LogP contribution in [0, 0.1) is 0 Å². The summed E-state index contributed by atoms with van der Waals surface area (Å²) in [5, 5.41) is 0. The van der Waals surface area contributed by atoms with Crippen LogP contribution >= 0.6 is 0 Å². The van der Waals surface area contributed by atoms with E-state index in [1.165, 1.54) is 180 Å². The lowest BCUT2D eigenvalue weighted by Gasteiger charge is -2.18. The van der Waals surface area contributed by atoms with Crippen LogP contribution in [0.25, 0.3) is 0 Å². The summed E-state index contributed by atoms with van der Waals surface area (Å²) in [5.41, 5.74) is 0. The number of rotatable bonds is 62. The zero-order valence-electron chi connectivity index (χ0n) is 52.4. The summed E-state index contributed by atoms with van der Waals surface area (Å²) >= 11 is 0. The second-order valence-electron chi connectivity index (χ2n) is 22.7. The number of hydrogen-bond acceptors (Lipinski definition) is 6. The highest BCUT2D eigenvalue weighted by atomic mass is 16.6. The van der Waals surface area contributed by atoms with E-state index in [1.54, 1.807) is 0 Å². The molecule has 456 valence electrons. The van der Waals surface area contributed by atoms with Gasteiger partial charge in [-0.15, -0.1) is 0 Å². The van der Waals surface area contributed by atoms with E-state index < -0.39 is 6.10 Å². The van der Waals surface area contributed by atoms with E-state index in [9.17, 15) is 14.4 Å². The van der Waals surface area contributed by atoms with Gasteiger partial charge in [0.15, 0.2) is 6.10 Å². The molecule has 0 aliphatic carbocycles. The number of allylic oxidation sites excluding steroid dienone is 14. The summed E-state index contributed by atoms with van der Waals surface area (Å²) in [5.74, 6) is -0.879. The van der Waals surface area contributed by atoms with Gasteiger partial charge in [-0.3, -0.25) is 14.4 Å². The third kappa shape index (κ3) is 65.3. The first-order valence-corrected chi connectivity index (χ1v) is 34.1. The van der Waals surface area contributed by atoms with Crippen molar-refractivity contribution in [2.45, 2.75) is 348 Å². The van der Waals surface area contributed by atoms with Crippen LogP contribution in [0.4, 0.5) is 0 Å². The Balaban J connectivity index is 4.05. The zero-order valence-corrected chi connectivity index (χ0v) is 52.4. The van der Waals surface area contributed by atoms with Crippen molar-refractivity contribution in [1.82, 2.24) is 0 Å². The standard InChI is InChI=1S/C73H128O6/c1-4-7-10-13-16-19-22-24-26-27-28-29-30-31-32-33-34-35-36-37-38-39-40-41-42-43-44-45-47-48-51-54-57-60-63-66-72(75)78-69-70(68-77-71(74)65-62-59-56-53-50-21-18-15-12-9-6-3)79-73(76)67-64-61-58-55-52-49-46-25-23-20-17-14-11-8-5-2/h7-8,10-11,16-17,19-20,24-26,28-29,46,70H,4-6,9,12-15,18,21-23,27,30-45,47-69H2,1-3H3/b10-7-,11-8-,19-16-,20-17-,26-24-,29-28-,46-25-. The van der Waals surface area contributed by atoms with Crippen molar-refractivity contribution in [3.63, 3.8) is 0 Å². The van der Waals surface area contributed by atoms with Crippen molar-refractivity contribution in [3.8, 4) is 0 Å². The largest absolute Gasteiger partial charge is 0.462 e. The number of carbonyl (C=O) groups excluding carboxylic acids is 3. The van der Waals surface area contributed by atoms with Gasteiger partial charge in [0.25, 0.3) is 0 Å². The molecule has 0 aromatic rings. The number of esters is 3. The molecular formula is C73H128O6. The van der Waals surface area contributed by atoms with Gasteiger partial charge in [-0.05, 0) is 89.9 Å². The van der Waals surface area contributed by atoms with Crippen molar-refractivity contribution in [3.05, 3.63) is 85.1 Å². The Labute approximate surface area is 490 Å². The van der Waals surface area contributed by atoms with E-state index in [4.69, 9.17) is 14.2 Å². The predicted molar refractivity (Wildman–Crippen MR) is 344 cm³/mol. The van der Waals surface area contributed by atoms with Gasteiger partial charge in [0, 0.05) is 19.3 Å². The average molecular weight is 1100 g/mol. The molecule has 0 spiro atoms. The molecule has 0 aliphatic rings. The van der Waals surface area contributed by atoms with Crippen LogP contribution in [0.15, 0.2) is 85.1 Å². The van der Waals surface area contributed by atoms with Crippen LogP contribution < -0.4 is 0 Å². The Morgan fingerprint density at radius 2 is 0.494 bits per heavy atom. The molecule has 1 unspecified atom stereocenters. The van der Waals surface area contributed by atoms with Crippen molar-refractivity contribution >= 4 is 17.9 Å². The van der Waals surface area contributed by atoms with Crippen molar-refractivity contribution < 1.29 is 28.6 Å². The van der Waals surface area contributed by atoms with Gasteiger partial charge in [-0.25, -0.2) is 0 Å². The van der Waals surface area contributed by atoms with Crippen LogP contribution in [-0.2, 0) is 28.6 Å². The van der Waals surface area contributed by atoms with Crippen LogP contribution in [-0.4, -0.2) is 37.2 Å². The first kappa shape index (κ1) is 75.6. The quantitative estimate of drug-likeness (QED) is 0.0261. The summed E-state index contributed by atoms with van der Waals surface area (Å²) in [4.78, 5) is 38.2. The minimum absolute atomic E-state index is 0.0779. The lowest BCUT2D eigenvalue weighted by atomic mass is 10.0. The smallest absolute Gasteiger partial charge is 0.306 e. The maximum absolute atomic E-state index is 12.9. The van der Waals surface area contributed by atoms with Gasteiger partial charge in [-0.1, -0.05) is 318 Å². The predicted octanol–water partition coefficient (Wildman–Crippen LogP) is 23.4. The summed E-state index contributed by atoms with van der Waals surface area (Å²) in [6.07, 6.45) is 89.2.